The van der Waals surface area contributed by atoms with Crippen LogP contribution >= 0.6 is 11.8 Å². The highest BCUT2D eigenvalue weighted by atomic mass is 32.2. The van der Waals surface area contributed by atoms with Crippen LogP contribution in [0.2, 0.25) is 0 Å². The van der Waals surface area contributed by atoms with Crippen LogP contribution in [0.25, 0.3) is 6.08 Å². The van der Waals surface area contributed by atoms with E-state index < -0.39 is 0 Å². The van der Waals surface area contributed by atoms with E-state index in [1.165, 1.54) is 11.8 Å². The van der Waals surface area contributed by atoms with Crippen molar-refractivity contribution in [2.45, 2.75) is 13.8 Å². The summed E-state index contributed by atoms with van der Waals surface area (Å²) in [6.45, 7) is 4.43. The maximum Gasteiger partial charge on any atom is 0.266 e. The minimum absolute atomic E-state index is 0.0271. The Hall–Kier alpha value is -2.47. The molecule has 0 N–H and O–H groups in total. The number of carbonyl (C=O) groups excluding carboxylic acids is 1. The molecule has 2 aromatic rings. The number of aliphatic imine (C=N–C) groups is 1. The Morgan fingerprint density at radius 3 is 2.74 bits per heavy atom. The summed E-state index contributed by atoms with van der Waals surface area (Å²) in [5.41, 5.74) is 1.85. The maximum atomic E-state index is 12.5. The van der Waals surface area contributed by atoms with Gasteiger partial charge in [0.15, 0.2) is 11.0 Å². The Balaban J connectivity index is 1.93. The first-order valence-corrected chi connectivity index (χ1v) is 8.13. The summed E-state index contributed by atoms with van der Waals surface area (Å²) in [6, 6.07) is 9.41. The van der Waals surface area contributed by atoms with Crippen molar-refractivity contribution in [3.05, 3.63) is 58.9 Å². The second-order valence-electron chi connectivity index (χ2n) is 4.97. The normalized spacial score (nSPS) is 18.2. The van der Waals surface area contributed by atoms with Gasteiger partial charge >= 0.3 is 0 Å². The number of carbonyl (C=O) groups is 1. The van der Waals surface area contributed by atoms with Crippen molar-refractivity contribution in [1.82, 2.24) is 14.9 Å². The Morgan fingerprint density at radius 2 is 2.04 bits per heavy atom. The van der Waals surface area contributed by atoms with Gasteiger partial charge in [-0.15, -0.1) is 0 Å². The van der Waals surface area contributed by atoms with Crippen LogP contribution in [-0.4, -0.2) is 32.5 Å². The standard InChI is InChI=1S/C17H16N4OS/c1-3-21-16(22)14(11-13-7-9-18-10-8-13)23-17(21)20-15-6-4-5-12(2)19-15/h4-11H,3H2,1-2H3/b14-11-,20-17+. The third kappa shape index (κ3) is 3.48. The summed E-state index contributed by atoms with van der Waals surface area (Å²) in [7, 11) is 0. The molecular weight excluding hydrogens is 308 g/mol. The van der Waals surface area contributed by atoms with Gasteiger partial charge in [-0.05, 0) is 61.5 Å². The maximum absolute atomic E-state index is 12.5. The molecule has 3 heterocycles. The highest BCUT2D eigenvalue weighted by Gasteiger charge is 2.32. The van der Waals surface area contributed by atoms with E-state index >= 15 is 0 Å². The average Bonchev–Trinajstić information content (AvgIpc) is 2.83. The number of aryl methyl sites for hydroxylation is 1. The van der Waals surface area contributed by atoms with Gasteiger partial charge < -0.3 is 0 Å². The molecule has 2 aromatic heterocycles. The smallest absolute Gasteiger partial charge is 0.266 e. The van der Waals surface area contributed by atoms with Crippen LogP contribution in [-0.2, 0) is 4.79 Å². The van der Waals surface area contributed by atoms with Crippen LogP contribution < -0.4 is 0 Å². The molecule has 23 heavy (non-hydrogen) atoms. The van der Waals surface area contributed by atoms with Gasteiger partial charge in [0.25, 0.3) is 5.91 Å². The minimum Gasteiger partial charge on any atom is -0.287 e. The monoisotopic (exact) mass is 324 g/mol. The largest absolute Gasteiger partial charge is 0.287 e. The fourth-order valence-electron chi connectivity index (χ4n) is 2.17. The average molecular weight is 324 g/mol. The Morgan fingerprint density at radius 1 is 1.26 bits per heavy atom. The minimum atomic E-state index is -0.0271. The predicted octanol–water partition coefficient (Wildman–Crippen LogP) is 3.41. The Kier molecular flexibility index (Phi) is 4.52. The quantitative estimate of drug-likeness (QED) is 0.812. The molecule has 0 radical (unpaired) electrons. The van der Waals surface area contributed by atoms with Crippen molar-refractivity contribution < 1.29 is 4.79 Å². The van der Waals surface area contributed by atoms with E-state index in [0.717, 1.165) is 11.3 Å². The summed E-state index contributed by atoms with van der Waals surface area (Å²) in [6.07, 6.45) is 5.28. The fourth-order valence-corrected chi connectivity index (χ4v) is 3.22. The van der Waals surface area contributed by atoms with Crippen molar-refractivity contribution in [2.24, 2.45) is 4.99 Å². The first kappa shape index (κ1) is 15.4. The Labute approximate surface area is 139 Å². The van der Waals surface area contributed by atoms with E-state index in [-0.39, 0.29) is 5.91 Å². The van der Waals surface area contributed by atoms with Gasteiger partial charge in [-0.25, -0.2) is 9.98 Å². The lowest BCUT2D eigenvalue weighted by atomic mass is 10.2. The van der Waals surface area contributed by atoms with Crippen LogP contribution in [0.15, 0.2) is 52.6 Å². The molecule has 0 aromatic carbocycles. The summed E-state index contributed by atoms with van der Waals surface area (Å²) < 4.78 is 0. The second-order valence-corrected chi connectivity index (χ2v) is 5.98. The highest BCUT2D eigenvalue weighted by molar-refractivity contribution is 8.18. The predicted molar refractivity (Wildman–Crippen MR) is 93.3 cm³/mol. The summed E-state index contributed by atoms with van der Waals surface area (Å²) >= 11 is 1.37. The van der Waals surface area contributed by atoms with Crippen LogP contribution in [0, 0.1) is 6.92 Å². The number of amidine groups is 1. The third-order valence-electron chi connectivity index (χ3n) is 3.29. The molecule has 116 valence electrons. The fraction of sp³-hybridized carbons (Fsp3) is 0.176. The van der Waals surface area contributed by atoms with E-state index in [0.29, 0.717) is 22.4 Å². The molecule has 1 amide bonds. The molecule has 3 rings (SSSR count). The molecule has 0 spiro atoms. The van der Waals surface area contributed by atoms with Crippen LogP contribution in [0.1, 0.15) is 18.2 Å². The number of hydrogen-bond donors (Lipinski definition) is 0. The lowest BCUT2D eigenvalue weighted by Crippen LogP contribution is -2.28. The van der Waals surface area contributed by atoms with Gasteiger partial charge in [-0.1, -0.05) is 6.07 Å². The van der Waals surface area contributed by atoms with Crippen molar-refractivity contribution >= 4 is 34.7 Å². The van der Waals surface area contributed by atoms with Crippen molar-refractivity contribution in [2.75, 3.05) is 6.54 Å². The van der Waals surface area contributed by atoms with Crippen molar-refractivity contribution in [3.8, 4) is 0 Å². The number of hydrogen-bond acceptors (Lipinski definition) is 5. The molecule has 5 nitrogen and oxygen atoms in total. The van der Waals surface area contributed by atoms with Crippen molar-refractivity contribution in [1.29, 1.82) is 0 Å². The molecule has 1 aliphatic rings. The van der Waals surface area contributed by atoms with E-state index in [1.807, 2.05) is 50.3 Å². The van der Waals surface area contributed by atoms with Gasteiger partial charge in [-0.3, -0.25) is 14.7 Å². The first-order chi connectivity index (χ1) is 11.2. The van der Waals surface area contributed by atoms with Crippen molar-refractivity contribution in [3.63, 3.8) is 0 Å². The number of nitrogens with zero attached hydrogens (tertiary/aromatic N) is 4. The molecule has 1 aliphatic heterocycles. The summed E-state index contributed by atoms with van der Waals surface area (Å²) in [5.74, 6) is 0.588. The number of rotatable bonds is 3. The lowest BCUT2D eigenvalue weighted by Gasteiger charge is -2.11. The topological polar surface area (TPSA) is 58.5 Å². The molecule has 0 aliphatic carbocycles. The SMILES string of the molecule is CCN1C(=O)/C(=C/c2ccncc2)S/C1=N/c1cccc(C)n1. The Bertz CT molecular complexity index is 786. The first-order valence-electron chi connectivity index (χ1n) is 7.31. The van der Waals surface area contributed by atoms with Crippen LogP contribution in [0.3, 0.4) is 0 Å². The van der Waals surface area contributed by atoms with Gasteiger partial charge in [0.1, 0.15) is 0 Å². The van der Waals surface area contributed by atoms with E-state index in [9.17, 15) is 4.79 Å². The number of aromatic nitrogens is 2. The van der Waals surface area contributed by atoms with E-state index in [1.54, 1.807) is 17.3 Å². The number of thioether (sulfide) groups is 1. The van der Waals surface area contributed by atoms with Gasteiger partial charge in [0.2, 0.25) is 0 Å². The van der Waals surface area contributed by atoms with Crippen LogP contribution in [0.5, 0.6) is 0 Å². The molecule has 1 fully saturated rings. The van der Waals surface area contributed by atoms with E-state index in [2.05, 4.69) is 15.0 Å². The van der Waals surface area contributed by atoms with Gasteiger partial charge in [-0.2, -0.15) is 0 Å². The molecule has 0 atom stereocenters. The lowest BCUT2D eigenvalue weighted by molar-refractivity contribution is -0.122. The highest BCUT2D eigenvalue weighted by Crippen LogP contribution is 2.33. The molecule has 1 saturated heterocycles. The number of amides is 1. The zero-order chi connectivity index (χ0) is 16.2. The number of pyridine rings is 2. The number of likely N-dealkylation sites (N-methyl/N-ethyl adjacent to an activating group) is 1. The van der Waals surface area contributed by atoms with Gasteiger partial charge in [0.05, 0.1) is 4.91 Å². The van der Waals surface area contributed by atoms with E-state index in [4.69, 9.17) is 0 Å². The zero-order valence-electron chi connectivity index (χ0n) is 12.9. The molecule has 0 saturated carbocycles. The van der Waals surface area contributed by atoms with Gasteiger partial charge in [0, 0.05) is 24.6 Å². The molecule has 0 bridgehead atoms. The third-order valence-corrected chi connectivity index (χ3v) is 4.30. The summed E-state index contributed by atoms with van der Waals surface area (Å²) in [5, 5.41) is 0.663. The second kappa shape index (κ2) is 6.75. The molecule has 6 heteroatoms. The summed E-state index contributed by atoms with van der Waals surface area (Å²) in [4.78, 5) is 27.7. The molecule has 0 unspecified atom stereocenters. The zero-order valence-corrected chi connectivity index (χ0v) is 13.7. The van der Waals surface area contributed by atoms with Crippen LogP contribution in [0.4, 0.5) is 5.82 Å². The molecular formula is C17H16N4OS.